The molecule has 5 heteroatoms. The number of hydrogen-bond donors (Lipinski definition) is 1. The molecule has 1 aliphatic rings. The molecule has 0 radical (unpaired) electrons. The van der Waals surface area contributed by atoms with Crippen LogP contribution in [0, 0.1) is 13.8 Å². The summed E-state index contributed by atoms with van der Waals surface area (Å²) >= 11 is 0. The maximum absolute atomic E-state index is 12.0. The van der Waals surface area contributed by atoms with Crippen LogP contribution in [-0.4, -0.2) is 30.6 Å². The third kappa shape index (κ3) is 3.85. The Balaban J connectivity index is 1.54. The van der Waals surface area contributed by atoms with Crippen LogP contribution < -0.4 is 15.0 Å². The number of nitrogens with zero attached hydrogens (tertiary/aromatic N) is 2. The SMILES string of the molecule is Cc1cccc(OCC(=O)Nc2ccc(N3CCCC3)nc2)c1C. The number of hydrogen-bond acceptors (Lipinski definition) is 4. The molecule has 1 aromatic heterocycles. The highest BCUT2D eigenvalue weighted by atomic mass is 16.5. The number of anilines is 2. The molecule has 0 unspecified atom stereocenters. The molecule has 1 aromatic carbocycles. The number of aromatic nitrogens is 1. The summed E-state index contributed by atoms with van der Waals surface area (Å²) < 4.78 is 5.62. The van der Waals surface area contributed by atoms with Gasteiger partial charge in [0.1, 0.15) is 11.6 Å². The van der Waals surface area contributed by atoms with Crippen molar-refractivity contribution in [2.45, 2.75) is 26.7 Å². The maximum Gasteiger partial charge on any atom is 0.262 e. The molecule has 5 nitrogen and oxygen atoms in total. The Morgan fingerprint density at radius 1 is 1.21 bits per heavy atom. The molecule has 0 bridgehead atoms. The molecule has 2 aromatic rings. The molecule has 0 aliphatic carbocycles. The fraction of sp³-hybridized carbons (Fsp3) is 0.368. The summed E-state index contributed by atoms with van der Waals surface area (Å²) in [6.45, 7) is 6.11. The number of pyridine rings is 1. The van der Waals surface area contributed by atoms with Crippen LogP contribution in [0.4, 0.5) is 11.5 Å². The number of ether oxygens (including phenoxy) is 1. The molecule has 1 amide bonds. The summed E-state index contributed by atoms with van der Waals surface area (Å²) in [6.07, 6.45) is 4.13. The molecule has 3 rings (SSSR count). The van der Waals surface area contributed by atoms with Gasteiger partial charge < -0.3 is 15.0 Å². The molecule has 2 heterocycles. The van der Waals surface area contributed by atoms with Crippen LogP contribution in [-0.2, 0) is 4.79 Å². The Kier molecular flexibility index (Phi) is 4.99. The van der Waals surface area contributed by atoms with Gasteiger partial charge >= 0.3 is 0 Å². The van der Waals surface area contributed by atoms with Crippen LogP contribution in [0.5, 0.6) is 5.75 Å². The number of carbonyl (C=O) groups is 1. The molecule has 1 fully saturated rings. The molecule has 1 N–H and O–H groups in total. The van der Waals surface area contributed by atoms with Gasteiger partial charge in [-0.1, -0.05) is 12.1 Å². The van der Waals surface area contributed by atoms with Gasteiger partial charge in [0.25, 0.3) is 5.91 Å². The zero-order chi connectivity index (χ0) is 16.9. The third-order valence-corrected chi connectivity index (χ3v) is 4.38. The van der Waals surface area contributed by atoms with Crippen molar-refractivity contribution in [1.29, 1.82) is 0 Å². The van der Waals surface area contributed by atoms with Crippen molar-refractivity contribution in [2.75, 3.05) is 29.9 Å². The van der Waals surface area contributed by atoms with Gasteiger partial charge in [-0.15, -0.1) is 0 Å². The van der Waals surface area contributed by atoms with Crippen LogP contribution >= 0.6 is 0 Å². The molecular formula is C19H23N3O2. The van der Waals surface area contributed by atoms with E-state index in [0.29, 0.717) is 5.69 Å². The quantitative estimate of drug-likeness (QED) is 0.916. The molecule has 1 aliphatic heterocycles. The first-order valence-corrected chi connectivity index (χ1v) is 8.33. The Bertz CT molecular complexity index is 707. The van der Waals surface area contributed by atoms with Crippen molar-refractivity contribution in [3.8, 4) is 5.75 Å². The highest BCUT2D eigenvalue weighted by Gasteiger charge is 2.13. The van der Waals surface area contributed by atoms with Gasteiger partial charge in [0.05, 0.1) is 11.9 Å². The number of benzene rings is 1. The average Bonchev–Trinajstić information content (AvgIpc) is 3.11. The first kappa shape index (κ1) is 16.3. The number of nitrogens with one attached hydrogen (secondary N) is 1. The Labute approximate surface area is 142 Å². The van der Waals surface area contributed by atoms with Crippen molar-refractivity contribution in [3.05, 3.63) is 47.7 Å². The number of carbonyl (C=O) groups excluding carboxylic acids is 1. The minimum absolute atomic E-state index is 0.0157. The molecule has 1 saturated heterocycles. The molecule has 24 heavy (non-hydrogen) atoms. The summed E-state index contributed by atoms with van der Waals surface area (Å²) in [5.74, 6) is 1.52. The molecule has 126 valence electrons. The van der Waals surface area contributed by atoms with Crippen molar-refractivity contribution < 1.29 is 9.53 Å². The second-order valence-corrected chi connectivity index (χ2v) is 6.13. The zero-order valence-corrected chi connectivity index (χ0v) is 14.2. The minimum atomic E-state index is -0.188. The highest BCUT2D eigenvalue weighted by Crippen LogP contribution is 2.21. The monoisotopic (exact) mass is 325 g/mol. The van der Waals surface area contributed by atoms with Gasteiger partial charge in [0, 0.05) is 13.1 Å². The van der Waals surface area contributed by atoms with E-state index >= 15 is 0 Å². The zero-order valence-electron chi connectivity index (χ0n) is 14.2. The van der Waals surface area contributed by atoms with E-state index in [0.717, 1.165) is 35.8 Å². The number of aryl methyl sites for hydroxylation is 1. The lowest BCUT2D eigenvalue weighted by Crippen LogP contribution is -2.21. The molecule has 0 spiro atoms. The van der Waals surface area contributed by atoms with Crippen LogP contribution in [0.1, 0.15) is 24.0 Å². The van der Waals surface area contributed by atoms with E-state index in [-0.39, 0.29) is 12.5 Å². The third-order valence-electron chi connectivity index (χ3n) is 4.38. The van der Waals surface area contributed by atoms with Crippen molar-refractivity contribution in [3.63, 3.8) is 0 Å². The molecular weight excluding hydrogens is 302 g/mol. The summed E-state index contributed by atoms with van der Waals surface area (Å²) in [4.78, 5) is 18.7. The van der Waals surface area contributed by atoms with Crippen molar-refractivity contribution >= 4 is 17.4 Å². The van der Waals surface area contributed by atoms with Crippen molar-refractivity contribution in [1.82, 2.24) is 4.98 Å². The Morgan fingerprint density at radius 3 is 2.71 bits per heavy atom. The van der Waals surface area contributed by atoms with Crippen LogP contribution in [0.15, 0.2) is 36.5 Å². The van der Waals surface area contributed by atoms with E-state index in [1.165, 1.54) is 12.8 Å². The number of rotatable bonds is 5. The van der Waals surface area contributed by atoms with E-state index in [2.05, 4.69) is 15.2 Å². The lowest BCUT2D eigenvalue weighted by Gasteiger charge is -2.16. The fourth-order valence-electron chi connectivity index (χ4n) is 2.81. The summed E-state index contributed by atoms with van der Waals surface area (Å²) in [7, 11) is 0. The predicted molar refractivity (Wildman–Crippen MR) is 95.7 cm³/mol. The van der Waals surface area contributed by atoms with Crippen LogP contribution in [0.3, 0.4) is 0 Å². The summed E-state index contributed by atoms with van der Waals surface area (Å²) in [5, 5.41) is 2.82. The first-order valence-electron chi connectivity index (χ1n) is 8.33. The standard InChI is InChI=1S/C19H23N3O2/c1-14-6-5-7-17(15(14)2)24-13-19(23)21-16-8-9-18(20-12-16)22-10-3-4-11-22/h5-9,12H,3-4,10-11,13H2,1-2H3,(H,21,23). The van der Waals surface area contributed by atoms with Gasteiger partial charge in [-0.25, -0.2) is 4.98 Å². The largest absolute Gasteiger partial charge is 0.483 e. The van der Waals surface area contributed by atoms with E-state index in [9.17, 15) is 4.79 Å². The lowest BCUT2D eigenvalue weighted by molar-refractivity contribution is -0.118. The van der Waals surface area contributed by atoms with Crippen molar-refractivity contribution in [2.24, 2.45) is 0 Å². The topological polar surface area (TPSA) is 54.5 Å². The Morgan fingerprint density at radius 2 is 2.00 bits per heavy atom. The first-order chi connectivity index (χ1) is 11.6. The van der Waals surface area contributed by atoms with Gasteiger partial charge in [0.2, 0.25) is 0 Å². The van der Waals surface area contributed by atoms with Crippen LogP contribution in [0.25, 0.3) is 0 Å². The van der Waals surface area contributed by atoms with Gasteiger partial charge in [-0.05, 0) is 56.0 Å². The van der Waals surface area contributed by atoms with Gasteiger partial charge in [-0.2, -0.15) is 0 Å². The lowest BCUT2D eigenvalue weighted by atomic mass is 10.1. The van der Waals surface area contributed by atoms with Gasteiger partial charge in [0.15, 0.2) is 6.61 Å². The summed E-state index contributed by atoms with van der Waals surface area (Å²) in [6, 6.07) is 9.66. The second kappa shape index (κ2) is 7.34. The second-order valence-electron chi connectivity index (χ2n) is 6.13. The normalized spacial score (nSPS) is 13.8. The minimum Gasteiger partial charge on any atom is -0.483 e. The van der Waals surface area contributed by atoms with Crippen LogP contribution in [0.2, 0.25) is 0 Å². The molecule has 0 atom stereocenters. The Hall–Kier alpha value is -2.56. The van der Waals surface area contributed by atoms with E-state index in [1.54, 1.807) is 6.20 Å². The highest BCUT2D eigenvalue weighted by molar-refractivity contribution is 5.91. The average molecular weight is 325 g/mol. The van der Waals surface area contributed by atoms with Gasteiger partial charge in [-0.3, -0.25) is 4.79 Å². The molecule has 0 saturated carbocycles. The maximum atomic E-state index is 12.0. The fourth-order valence-corrected chi connectivity index (χ4v) is 2.81. The predicted octanol–water partition coefficient (Wildman–Crippen LogP) is 3.32. The van der Waals surface area contributed by atoms with E-state index in [1.807, 2.05) is 44.2 Å². The van der Waals surface area contributed by atoms with E-state index < -0.39 is 0 Å². The smallest absolute Gasteiger partial charge is 0.262 e. The van der Waals surface area contributed by atoms with E-state index in [4.69, 9.17) is 4.74 Å². The number of amides is 1. The summed E-state index contributed by atoms with van der Waals surface area (Å²) in [5.41, 5.74) is 2.89.